The van der Waals surface area contributed by atoms with Crippen LogP contribution >= 0.6 is 11.6 Å². The van der Waals surface area contributed by atoms with E-state index in [9.17, 15) is 18.0 Å². The Hall–Kier alpha value is -3.63. The molecular weight excluding hydrogens is 480 g/mol. The lowest BCUT2D eigenvalue weighted by Gasteiger charge is -2.16. The molecule has 0 fully saturated rings. The van der Waals surface area contributed by atoms with Crippen LogP contribution in [0.5, 0.6) is 5.75 Å². The summed E-state index contributed by atoms with van der Waals surface area (Å²) in [5.74, 6) is -0.539. The van der Waals surface area contributed by atoms with E-state index in [4.69, 9.17) is 16.3 Å². The third-order valence-corrected chi connectivity index (χ3v) is 6.61. The van der Waals surface area contributed by atoms with Gasteiger partial charge in [-0.15, -0.1) is 0 Å². The Bertz CT molecular complexity index is 1380. The molecule has 0 radical (unpaired) electrons. The zero-order chi connectivity index (χ0) is 25.0. The van der Waals surface area contributed by atoms with Crippen LogP contribution in [0, 0.1) is 13.8 Å². The highest BCUT2D eigenvalue weighted by atomic mass is 35.5. The van der Waals surface area contributed by atoms with Crippen molar-refractivity contribution in [3.05, 3.63) is 76.1 Å². The predicted molar refractivity (Wildman–Crippen MR) is 130 cm³/mol. The van der Waals surface area contributed by atoms with Crippen LogP contribution in [0.2, 0.25) is 5.02 Å². The topological polar surface area (TPSA) is 126 Å². The lowest BCUT2D eigenvalue weighted by molar-refractivity contribution is 0.103. The number of carbonyl (C=O) groups excluding carboxylic acids is 2. The summed E-state index contributed by atoms with van der Waals surface area (Å²) in [6, 6.07) is 10.1. The Balaban J connectivity index is 2.06. The number of methoxy groups -OCH3 is 1. The van der Waals surface area contributed by atoms with Crippen molar-refractivity contribution < 1.29 is 22.7 Å². The predicted octanol–water partition coefficient (Wildman–Crippen LogP) is 4.14. The van der Waals surface area contributed by atoms with Gasteiger partial charge in [0.15, 0.2) is 5.75 Å². The Morgan fingerprint density at radius 3 is 2.41 bits per heavy atom. The summed E-state index contributed by atoms with van der Waals surface area (Å²) in [6.45, 7) is 3.67. The van der Waals surface area contributed by atoms with Crippen LogP contribution in [0.15, 0.2) is 53.6 Å². The van der Waals surface area contributed by atoms with Gasteiger partial charge in [0.1, 0.15) is 5.69 Å². The maximum absolute atomic E-state index is 13.4. The zero-order valence-electron chi connectivity index (χ0n) is 18.9. The van der Waals surface area contributed by atoms with Crippen molar-refractivity contribution in [3.63, 3.8) is 0 Å². The number of halogens is 1. The molecule has 178 valence electrons. The molecule has 2 aromatic carbocycles. The number of ether oxygens (including phenoxy) is 1. The van der Waals surface area contributed by atoms with Gasteiger partial charge in [-0.3, -0.25) is 9.52 Å². The van der Waals surface area contributed by atoms with Crippen LogP contribution in [-0.4, -0.2) is 39.4 Å². The number of nitrogens with zero attached hydrogens (tertiary/aromatic N) is 1. The van der Waals surface area contributed by atoms with Crippen molar-refractivity contribution >= 4 is 44.8 Å². The smallest absolute Gasteiger partial charge is 0.319 e. The zero-order valence-corrected chi connectivity index (χ0v) is 20.5. The van der Waals surface area contributed by atoms with Crippen molar-refractivity contribution in [2.24, 2.45) is 0 Å². The molecule has 0 aliphatic heterocycles. The van der Waals surface area contributed by atoms with Gasteiger partial charge in [0.05, 0.1) is 34.0 Å². The first-order valence-corrected chi connectivity index (χ1v) is 11.9. The Morgan fingerprint density at radius 2 is 1.76 bits per heavy atom. The first-order valence-electron chi connectivity index (χ1n) is 10.0. The van der Waals surface area contributed by atoms with Gasteiger partial charge >= 0.3 is 6.03 Å². The van der Waals surface area contributed by atoms with Crippen LogP contribution in [0.25, 0.3) is 0 Å². The quantitative estimate of drug-likeness (QED) is 0.417. The number of hydrogen-bond donors (Lipinski definition) is 3. The molecule has 3 aromatic rings. The molecule has 11 heteroatoms. The van der Waals surface area contributed by atoms with Crippen LogP contribution < -0.4 is 20.1 Å². The fraction of sp³-hybridized carbons (Fsp3) is 0.174. The molecule has 3 rings (SSSR count). The van der Waals surface area contributed by atoms with E-state index in [1.54, 1.807) is 25.1 Å². The summed E-state index contributed by atoms with van der Waals surface area (Å²) in [7, 11) is -1.25. The number of rotatable bonds is 7. The summed E-state index contributed by atoms with van der Waals surface area (Å²) in [6.07, 6.45) is 1.24. The molecule has 9 nitrogen and oxygen atoms in total. The van der Waals surface area contributed by atoms with Crippen molar-refractivity contribution in [3.8, 4) is 5.75 Å². The summed E-state index contributed by atoms with van der Waals surface area (Å²) in [5.41, 5.74) is 1.77. The number of amides is 2. The van der Waals surface area contributed by atoms with E-state index < -0.39 is 21.8 Å². The van der Waals surface area contributed by atoms with Gasteiger partial charge in [-0.1, -0.05) is 23.7 Å². The standard InChI is InChI=1S/C23H23ClN4O5S/c1-13-8-9-16(10-14(13)2)34(31,32)28-19-11-15(24)12-26-20(19)21(29)17-6-5-7-18(22(17)33-4)27-23(30)25-3/h5-12,28H,1-4H3,(H2,25,27,30). The van der Waals surface area contributed by atoms with Gasteiger partial charge in [-0.2, -0.15) is 0 Å². The normalized spacial score (nSPS) is 11.0. The van der Waals surface area contributed by atoms with E-state index in [-0.39, 0.29) is 38.3 Å². The fourth-order valence-corrected chi connectivity index (χ4v) is 4.43. The SMILES string of the molecule is CNC(=O)Nc1cccc(C(=O)c2ncc(Cl)cc2NS(=O)(=O)c2ccc(C)c(C)c2)c1OC. The lowest BCUT2D eigenvalue weighted by Crippen LogP contribution is -2.25. The second-order valence-electron chi connectivity index (χ2n) is 7.32. The molecule has 0 unspecified atom stereocenters. The Morgan fingerprint density at radius 1 is 1.03 bits per heavy atom. The van der Waals surface area contributed by atoms with E-state index >= 15 is 0 Å². The van der Waals surface area contributed by atoms with E-state index in [1.165, 1.54) is 44.6 Å². The number of nitrogens with one attached hydrogen (secondary N) is 3. The second kappa shape index (κ2) is 10.1. The second-order valence-corrected chi connectivity index (χ2v) is 9.44. The molecule has 3 N–H and O–H groups in total. The van der Waals surface area contributed by atoms with Gasteiger partial charge in [-0.05, 0) is 55.3 Å². The largest absolute Gasteiger partial charge is 0.494 e. The van der Waals surface area contributed by atoms with Gasteiger partial charge in [0, 0.05) is 13.2 Å². The summed E-state index contributed by atoms with van der Waals surface area (Å²) < 4.78 is 33.9. The van der Waals surface area contributed by atoms with Gasteiger partial charge in [0.2, 0.25) is 5.78 Å². The average Bonchev–Trinajstić information content (AvgIpc) is 2.80. The number of ketones is 1. The molecule has 0 spiro atoms. The number of hydrogen-bond acceptors (Lipinski definition) is 6. The minimum absolute atomic E-state index is 0.0309. The van der Waals surface area contributed by atoms with Gasteiger partial charge in [-0.25, -0.2) is 18.2 Å². The van der Waals surface area contributed by atoms with E-state index in [2.05, 4.69) is 20.3 Å². The average molecular weight is 503 g/mol. The molecule has 1 aromatic heterocycles. The highest BCUT2D eigenvalue weighted by molar-refractivity contribution is 7.92. The summed E-state index contributed by atoms with van der Waals surface area (Å²) >= 11 is 6.06. The van der Waals surface area contributed by atoms with Crippen LogP contribution in [0.1, 0.15) is 27.2 Å². The van der Waals surface area contributed by atoms with Gasteiger partial charge < -0.3 is 15.4 Å². The highest BCUT2D eigenvalue weighted by Gasteiger charge is 2.25. The maximum atomic E-state index is 13.4. The van der Waals surface area contributed by atoms with Crippen LogP contribution in [0.4, 0.5) is 16.2 Å². The third-order valence-electron chi connectivity index (χ3n) is 5.04. The summed E-state index contributed by atoms with van der Waals surface area (Å²) in [4.78, 5) is 29.3. The molecule has 0 saturated carbocycles. The molecule has 1 heterocycles. The number of sulfonamides is 1. The van der Waals surface area contributed by atoms with Crippen molar-refractivity contribution in [2.45, 2.75) is 18.7 Å². The molecule has 34 heavy (non-hydrogen) atoms. The van der Waals surface area contributed by atoms with E-state index in [1.807, 2.05) is 6.92 Å². The summed E-state index contributed by atoms with van der Waals surface area (Å²) in [5, 5.41) is 5.12. The molecule has 0 atom stereocenters. The molecule has 2 amide bonds. The number of urea groups is 1. The van der Waals surface area contributed by atoms with Crippen molar-refractivity contribution in [1.82, 2.24) is 10.3 Å². The Kier molecular flexibility index (Phi) is 7.43. The number of carbonyl (C=O) groups is 2. The first kappa shape index (κ1) is 25.0. The minimum atomic E-state index is -4.05. The highest BCUT2D eigenvalue weighted by Crippen LogP contribution is 2.32. The molecule has 0 bridgehead atoms. The molecule has 0 aliphatic carbocycles. The molecule has 0 saturated heterocycles. The fourth-order valence-electron chi connectivity index (χ4n) is 3.13. The number of aryl methyl sites for hydroxylation is 2. The van der Waals surface area contributed by atoms with Crippen molar-refractivity contribution in [2.75, 3.05) is 24.2 Å². The van der Waals surface area contributed by atoms with Crippen LogP contribution in [0.3, 0.4) is 0 Å². The van der Waals surface area contributed by atoms with E-state index in [0.29, 0.717) is 0 Å². The molecular formula is C23H23ClN4O5S. The number of aromatic nitrogens is 1. The monoisotopic (exact) mass is 502 g/mol. The lowest BCUT2D eigenvalue weighted by atomic mass is 10.0. The maximum Gasteiger partial charge on any atom is 0.319 e. The number of pyridine rings is 1. The number of anilines is 2. The third kappa shape index (κ3) is 5.29. The van der Waals surface area contributed by atoms with Crippen molar-refractivity contribution in [1.29, 1.82) is 0 Å². The number of benzene rings is 2. The van der Waals surface area contributed by atoms with Gasteiger partial charge in [0.25, 0.3) is 10.0 Å². The van der Waals surface area contributed by atoms with Crippen LogP contribution in [-0.2, 0) is 10.0 Å². The Labute approximate surface area is 202 Å². The molecule has 0 aliphatic rings. The number of para-hydroxylation sites is 1. The first-order chi connectivity index (χ1) is 16.1. The minimum Gasteiger partial charge on any atom is -0.494 e. The van der Waals surface area contributed by atoms with E-state index in [0.717, 1.165) is 11.1 Å².